The van der Waals surface area contributed by atoms with Crippen LogP contribution in [0.5, 0.6) is 5.75 Å². The van der Waals surface area contributed by atoms with Crippen molar-refractivity contribution in [1.82, 2.24) is 0 Å². The van der Waals surface area contributed by atoms with E-state index in [1.807, 2.05) is 6.07 Å². The van der Waals surface area contributed by atoms with Crippen LogP contribution in [0.25, 0.3) is 0 Å². The molecule has 60 valence electrons. The Morgan fingerprint density at radius 1 is 0.818 bits per heavy atom. The minimum absolute atomic E-state index is 0. The molecular weight excluding hydrogens is 156 g/mol. The first-order valence-corrected chi connectivity index (χ1v) is 2.13. The zero-order valence-corrected chi connectivity index (χ0v) is 5.55. The Labute approximate surface area is 64.7 Å². The summed E-state index contributed by atoms with van der Waals surface area (Å²) in [5.41, 5.74) is 0. The third-order valence-corrected chi connectivity index (χ3v) is 0.756. The summed E-state index contributed by atoms with van der Waals surface area (Å²) < 4.78 is 0. The number of para-hydroxylation sites is 1. The fourth-order valence-electron chi connectivity index (χ4n) is 0.428. The van der Waals surface area contributed by atoms with E-state index in [1.165, 1.54) is 0 Å². The molecule has 1 nitrogen and oxygen atoms in total. The van der Waals surface area contributed by atoms with Gasteiger partial charge in [0.25, 0.3) is 0 Å². The van der Waals surface area contributed by atoms with Crippen molar-refractivity contribution in [3.05, 3.63) is 30.3 Å². The predicted octanol–water partition coefficient (Wildman–Crippen LogP) is -7.98. The van der Waals surface area contributed by atoms with Crippen LogP contribution in [-0.4, -0.2) is 13.5 Å². The molecule has 0 aliphatic heterocycles. The Bertz CT molecular complexity index is 148. The van der Waals surface area contributed by atoms with Crippen LogP contribution in [0.15, 0.2) is 30.3 Å². The smallest absolute Gasteiger partial charge is 1.00 e. The van der Waals surface area contributed by atoms with Crippen LogP contribution in [0, 0.1) is 0 Å². The Kier molecular flexibility index (Phi) is 23.9. The summed E-state index contributed by atoms with van der Waals surface area (Å²) in [7, 11) is 0. The molecule has 0 unspecified atom stereocenters. The maximum atomic E-state index is 8.63. The maximum Gasteiger partial charge on any atom is 3.00 e. The molecule has 1 aromatic carbocycles. The first kappa shape index (κ1) is 22.5. The van der Waals surface area contributed by atoms with E-state index in [0.717, 1.165) is 0 Å². The monoisotopic (exact) mass is 162 g/mol. The molecule has 0 aliphatic rings. The van der Waals surface area contributed by atoms with Gasteiger partial charge in [0.2, 0.25) is 0 Å². The second-order valence-corrected chi connectivity index (χ2v) is 1.34. The summed E-state index contributed by atoms with van der Waals surface area (Å²) in [5, 5.41) is 8.63. The van der Waals surface area contributed by atoms with Gasteiger partial charge in [0, 0.05) is 0 Å². The van der Waals surface area contributed by atoms with E-state index in [2.05, 4.69) is 0 Å². The largest absolute Gasteiger partial charge is 3.00 e. The summed E-state index contributed by atoms with van der Waals surface area (Å²) >= 11 is 0. The summed E-state index contributed by atoms with van der Waals surface area (Å²) in [6.45, 7) is 0. The fourth-order valence-corrected chi connectivity index (χ4v) is 0.428. The van der Waals surface area contributed by atoms with Gasteiger partial charge in [-0.3, -0.25) is 0 Å². The summed E-state index contributed by atoms with van der Waals surface area (Å²) in [4.78, 5) is 0. The molecule has 1 N–H and O–H groups in total. The molecule has 5 heteroatoms. The van der Waals surface area contributed by atoms with Crippen molar-refractivity contribution in [2.75, 3.05) is 0 Å². The van der Waals surface area contributed by atoms with Gasteiger partial charge >= 0.3 is 8.41 Å². The van der Waals surface area contributed by atoms with Crippen molar-refractivity contribution in [2.45, 2.75) is 0 Å². The van der Waals surface area contributed by atoms with Crippen molar-refractivity contribution in [2.24, 2.45) is 0 Å². The minimum atomic E-state index is 0. The van der Waals surface area contributed by atoms with Crippen LogP contribution in [0.2, 0.25) is 0 Å². The van der Waals surface area contributed by atoms with Gasteiger partial charge in [-0.15, -0.1) is 0 Å². The number of hydrogen-bond acceptors (Lipinski definition) is 1. The van der Waals surface area contributed by atoms with Gasteiger partial charge in [0.1, 0.15) is 5.75 Å². The first-order chi connectivity index (χ1) is 3.39. The summed E-state index contributed by atoms with van der Waals surface area (Å²) in [6.07, 6.45) is 0. The molecule has 0 fully saturated rings. The number of hydrogen-bond donors (Lipinski definition) is 1. The van der Waals surface area contributed by atoms with Gasteiger partial charge in [-0.25, -0.2) is 0 Å². The number of halogens is 3. The molecule has 0 saturated heterocycles. The average Bonchev–Trinajstić information content (AvgIpc) is 1.69. The van der Waals surface area contributed by atoms with Crippen molar-refractivity contribution in [3.8, 4) is 5.75 Å². The molecule has 0 radical (unpaired) electrons. The number of phenolic OH excluding ortho intramolecular Hbond substituents is 1. The zero-order chi connectivity index (χ0) is 5.11. The SMILES string of the molecule is Oc1ccccc1.[B+3].[F-].[F-].[F-]. The minimum Gasteiger partial charge on any atom is -1.00 e. The number of rotatable bonds is 0. The molecule has 0 amide bonds. The third-order valence-electron chi connectivity index (χ3n) is 0.756. The summed E-state index contributed by atoms with van der Waals surface area (Å²) in [6, 6.07) is 8.71. The van der Waals surface area contributed by atoms with Crippen molar-refractivity contribution in [1.29, 1.82) is 0 Å². The maximum absolute atomic E-state index is 8.63. The molecular formula is C6H6BF3O. The Balaban J connectivity index is -0.0000000612. The van der Waals surface area contributed by atoms with Gasteiger partial charge < -0.3 is 19.2 Å². The summed E-state index contributed by atoms with van der Waals surface area (Å²) in [5.74, 6) is 0.322. The molecule has 1 rings (SSSR count). The molecule has 0 aromatic heterocycles. The zero-order valence-electron chi connectivity index (χ0n) is 5.55. The molecule has 0 aliphatic carbocycles. The molecule has 0 saturated carbocycles. The first-order valence-electron chi connectivity index (χ1n) is 2.13. The van der Waals surface area contributed by atoms with Crippen LogP contribution in [-0.2, 0) is 0 Å². The van der Waals surface area contributed by atoms with Crippen molar-refractivity contribution in [3.63, 3.8) is 0 Å². The Morgan fingerprint density at radius 3 is 1.36 bits per heavy atom. The van der Waals surface area contributed by atoms with Gasteiger partial charge in [0.05, 0.1) is 0 Å². The van der Waals surface area contributed by atoms with Gasteiger partial charge in [0.15, 0.2) is 0 Å². The van der Waals surface area contributed by atoms with Crippen LogP contribution in [0.3, 0.4) is 0 Å². The van der Waals surface area contributed by atoms with Crippen LogP contribution in [0.4, 0.5) is 0 Å². The van der Waals surface area contributed by atoms with Crippen molar-refractivity contribution < 1.29 is 19.2 Å². The van der Waals surface area contributed by atoms with Crippen LogP contribution in [0.1, 0.15) is 0 Å². The topological polar surface area (TPSA) is 20.2 Å². The second kappa shape index (κ2) is 11.6. The molecule has 11 heavy (non-hydrogen) atoms. The average molecular weight is 162 g/mol. The second-order valence-electron chi connectivity index (χ2n) is 1.34. The standard InChI is InChI=1S/C6H6O.B.3FH/c7-6-4-2-1-3-5-6;;;;/h1-5,7H;;3*1H/q;+3;;;/p-3. The van der Waals surface area contributed by atoms with E-state index in [-0.39, 0.29) is 22.5 Å². The van der Waals surface area contributed by atoms with E-state index < -0.39 is 0 Å². The Morgan fingerprint density at radius 2 is 1.18 bits per heavy atom. The van der Waals surface area contributed by atoms with Crippen LogP contribution < -0.4 is 14.1 Å². The third kappa shape index (κ3) is 8.87. The normalized spacial score (nSPS) is 5.45. The predicted molar refractivity (Wildman–Crippen MR) is 33.9 cm³/mol. The number of phenols is 1. The molecule has 0 heterocycles. The van der Waals surface area contributed by atoms with Gasteiger partial charge in [-0.1, -0.05) is 18.2 Å². The molecule has 0 bridgehead atoms. The van der Waals surface area contributed by atoms with Crippen molar-refractivity contribution >= 4 is 8.41 Å². The molecule has 1 aromatic rings. The van der Waals surface area contributed by atoms with Gasteiger partial charge in [-0.2, -0.15) is 0 Å². The Hall–Kier alpha value is -1.13. The van der Waals surface area contributed by atoms with E-state index in [0.29, 0.717) is 5.75 Å². The quantitative estimate of drug-likeness (QED) is 0.375. The number of aromatic hydroxyl groups is 1. The molecule has 0 spiro atoms. The van der Waals surface area contributed by atoms with E-state index in [4.69, 9.17) is 5.11 Å². The fraction of sp³-hybridized carbons (Fsp3) is 0. The number of benzene rings is 1. The van der Waals surface area contributed by atoms with E-state index in [1.54, 1.807) is 24.3 Å². The molecule has 0 atom stereocenters. The van der Waals surface area contributed by atoms with E-state index in [9.17, 15) is 0 Å². The van der Waals surface area contributed by atoms with Gasteiger partial charge in [-0.05, 0) is 12.1 Å². The van der Waals surface area contributed by atoms with E-state index >= 15 is 0 Å². The van der Waals surface area contributed by atoms with Crippen LogP contribution >= 0.6 is 0 Å².